The average Bonchev–Trinajstić information content (AvgIpc) is 2.45. The fourth-order valence-electron chi connectivity index (χ4n) is 1.46. The molecule has 0 saturated heterocycles. The molecule has 0 bridgehead atoms. The molecule has 5 heteroatoms. The largest absolute Gasteiger partial charge is 0.506 e. The van der Waals surface area contributed by atoms with Crippen LogP contribution in [-0.4, -0.2) is 15.6 Å². The number of rotatable bonds is 0. The molecule has 2 aromatic rings. The van der Waals surface area contributed by atoms with Gasteiger partial charge in [-0.15, -0.1) is 0 Å². The predicted molar refractivity (Wildman–Crippen MR) is 54.9 cm³/mol. The molecule has 1 aromatic heterocycles. The van der Waals surface area contributed by atoms with Gasteiger partial charge in [0, 0.05) is 12.3 Å². The van der Waals surface area contributed by atoms with Gasteiger partial charge in [-0.25, -0.2) is 4.39 Å². The summed E-state index contributed by atoms with van der Waals surface area (Å²) in [7, 11) is 0. The number of carbonyl (C=O) groups is 1. The molecule has 0 amide bonds. The second-order valence-electron chi connectivity index (χ2n) is 3.19. The number of aromatic hydroxyl groups is 1. The minimum atomic E-state index is -0.624. The molecule has 1 aromatic carbocycles. The van der Waals surface area contributed by atoms with E-state index in [1.165, 1.54) is 23.8 Å². The summed E-state index contributed by atoms with van der Waals surface area (Å²) in [4.78, 5) is 11.2. The van der Waals surface area contributed by atoms with Crippen molar-refractivity contribution in [2.75, 3.05) is 0 Å². The first kappa shape index (κ1) is 9.98. The van der Waals surface area contributed by atoms with Crippen molar-refractivity contribution in [1.29, 1.82) is 0 Å². The minimum absolute atomic E-state index is 0.0805. The molecule has 0 fully saturated rings. The molecule has 15 heavy (non-hydrogen) atoms. The van der Waals surface area contributed by atoms with Gasteiger partial charge in [-0.3, -0.25) is 9.36 Å². The number of carbonyl (C=O) groups excluding carboxylic acids is 1. The Morgan fingerprint density at radius 2 is 2.20 bits per heavy atom. The zero-order chi connectivity index (χ0) is 11.2. The number of halogens is 2. The highest BCUT2D eigenvalue weighted by Crippen LogP contribution is 2.30. The van der Waals surface area contributed by atoms with Gasteiger partial charge in [-0.05, 0) is 12.1 Å². The fourth-order valence-corrected chi connectivity index (χ4v) is 1.62. The van der Waals surface area contributed by atoms with Crippen molar-refractivity contribution in [3.05, 3.63) is 29.2 Å². The zero-order valence-corrected chi connectivity index (χ0v) is 8.55. The molecule has 0 atom stereocenters. The minimum Gasteiger partial charge on any atom is -0.506 e. The molecule has 2 rings (SSSR count). The molecule has 1 N–H and O–H groups in total. The van der Waals surface area contributed by atoms with Gasteiger partial charge in [0.25, 0.3) is 0 Å². The summed E-state index contributed by atoms with van der Waals surface area (Å²) in [5.41, 5.74) is 0.395. The van der Waals surface area contributed by atoms with Crippen molar-refractivity contribution in [3.8, 4) is 5.75 Å². The Morgan fingerprint density at radius 1 is 1.53 bits per heavy atom. The van der Waals surface area contributed by atoms with E-state index >= 15 is 0 Å². The van der Waals surface area contributed by atoms with Crippen LogP contribution in [0.25, 0.3) is 10.9 Å². The number of nitrogens with zero attached hydrogens (tertiary/aromatic N) is 1. The number of benzene rings is 1. The van der Waals surface area contributed by atoms with Crippen LogP contribution in [0.1, 0.15) is 11.7 Å². The van der Waals surface area contributed by atoms with Crippen molar-refractivity contribution in [2.45, 2.75) is 6.92 Å². The summed E-state index contributed by atoms with van der Waals surface area (Å²) < 4.78 is 14.3. The van der Waals surface area contributed by atoms with E-state index in [4.69, 9.17) is 11.6 Å². The monoisotopic (exact) mass is 227 g/mol. The maximum absolute atomic E-state index is 13.1. The Bertz CT molecular complexity index is 562. The summed E-state index contributed by atoms with van der Waals surface area (Å²) in [6, 6.07) is 2.42. The second kappa shape index (κ2) is 3.24. The van der Waals surface area contributed by atoms with E-state index in [1.54, 1.807) is 0 Å². The van der Waals surface area contributed by atoms with Crippen LogP contribution in [0, 0.1) is 5.82 Å². The van der Waals surface area contributed by atoms with Crippen molar-refractivity contribution in [2.24, 2.45) is 0 Å². The van der Waals surface area contributed by atoms with E-state index in [0.29, 0.717) is 5.52 Å². The summed E-state index contributed by atoms with van der Waals surface area (Å²) in [5.74, 6) is -1.04. The Hall–Kier alpha value is -1.55. The first-order valence-corrected chi connectivity index (χ1v) is 4.58. The third-order valence-corrected chi connectivity index (χ3v) is 2.45. The highest BCUT2D eigenvalue weighted by molar-refractivity contribution is 6.31. The molecule has 0 spiro atoms. The van der Waals surface area contributed by atoms with Gasteiger partial charge in [0.1, 0.15) is 11.6 Å². The standard InChI is InChI=1S/C10H7ClFNO2/c1-5(14)13-4-10(15)6-2-8(12)7(11)3-9(6)13/h2-4,15H,1H3. The van der Waals surface area contributed by atoms with Crippen LogP contribution in [0.15, 0.2) is 18.3 Å². The van der Waals surface area contributed by atoms with E-state index in [0.717, 1.165) is 6.07 Å². The Kier molecular flexibility index (Phi) is 2.16. The lowest BCUT2D eigenvalue weighted by molar-refractivity contribution is 0.0941. The summed E-state index contributed by atoms with van der Waals surface area (Å²) in [6.07, 6.45) is 1.24. The normalized spacial score (nSPS) is 10.9. The van der Waals surface area contributed by atoms with Gasteiger partial charge in [-0.1, -0.05) is 11.6 Å². The summed E-state index contributed by atoms with van der Waals surface area (Å²) in [6.45, 7) is 1.34. The molecule has 0 aliphatic heterocycles. The third-order valence-electron chi connectivity index (χ3n) is 2.16. The predicted octanol–water partition coefficient (Wildman–Crippen LogP) is 2.80. The molecule has 78 valence electrons. The lowest BCUT2D eigenvalue weighted by Gasteiger charge is -1.99. The van der Waals surface area contributed by atoms with Gasteiger partial charge in [0.2, 0.25) is 5.91 Å². The van der Waals surface area contributed by atoms with Crippen molar-refractivity contribution in [3.63, 3.8) is 0 Å². The quantitative estimate of drug-likeness (QED) is 0.752. The smallest absolute Gasteiger partial charge is 0.228 e. The average molecular weight is 228 g/mol. The molecule has 0 unspecified atom stereocenters. The Labute approximate surface area is 89.7 Å². The van der Waals surface area contributed by atoms with Gasteiger partial charge in [0.05, 0.1) is 16.7 Å². The molecule has 3 nitrogen and oxygen atoms in total. The first-order valence-electron chi connectivity index (χ1n) is 4.20. The van der Waals surface area contributed by atoms with E-state index in [1.807, 2.05) is 0 Å². The van der Waals surface area contributed by atoms with Crippen molar-refractivity contribution < 1.29 is 14.3 Å². The molecular weight excluding hydrogens is 221 g/mol. The molecule has 1 heterocycles. The topological polar surface area (TPSA) is 42.2 Å². The van der Waals surface area contributed by atoms with Gasteiger partial charge in [0.15, 0.2) is 0 Å². The van der Waals surface area contributed by atoms with E-state index in [9.17, 15) is 14.3 Å². The Morgan fingerprint density at radius 3 is 2.80 bits per heavy atom. The zero-order valence-electron chi connectivity index (χ0n) is 7.79. The van der Waals surface area contributed by atoms with E-state index in [-0.39, 0.29) is 22.1 Å². The van der Waals surface area contributed by atoms with Crippen LogP contribution in [0.2, 0.25) is 5.02 Å². The fraction of sp³-hybridized carbons (Fsp3) is 0.100. The first-order chi connectivity index (χ1) is 7.00. The van der Waals surface area contributed by atoms with Gasteiger partial charge >= 0.3 is 0 Å². The van der Waals surface area contributed by atoms with Crippen LogP contribution >= 0.6 is 11.6 Å². The third kappa shape index (κ3) is 1.47. The van der Waals surface area contributed by atoms with Crippen LogP contribution in [0.4, 0.5) is 4.39 Å². The molecule has 0 saturated carbocycles. The van der Waals surface area contributed by atoms with Crippen LogP contribution in [0.3, 0.4) is 0 Å². The maximum atomic E-state index is 13.1. The molecule has 0 aliphatic rings. The number of hydrogen-bond acceptors (Lipinski definition) is 2. The van der Waals surface area contributed by atoms with Gasteiger partial charge in [-0.2, -0.15) is 0 Å². The molecule has 0 aliphatic carbocycles. The summed E-state index contributed by atoms with van der Waals surface area (Å²) in [5, 5.41) is 9.66. The van der Waals surface area contributed by atoms with Gasteiger partial charge < -0.3 is 5.11 Å². The molecular formula is C10H7ClFNO2. The lowest BCUT2D eigenvalue weighted by Crippen LogP contribution is -2.02. The summed E-state index contributed by atoms with van der Waals surface area (Å²) >= 11 is 5.59. The second-order valence-corrected chi connectivity index (χ2v) is 3.59. The van der Waals surface area contributed by atoms with Crippen LogP contribution < -0.4 is 0 Å². The number of hydrogen-bond donors (Lipinski definition) is 1. The number of aromatic nitrogens is 1. The Balaban J connectivity index is 2.88. The SMILES string of the molecule is CC(=O)n1cc(O)c2cc(F)c(Cl)cc21. The highest BCUT2D eigenvalue weighted by atomic mass is 35.5. The van der Waals surface area contributed by atoms with Crippen molar-refractivity contribution >= 4 is 28.4 Å². The van der Waals surface area contributed by atoms with Crippen LogP contribution in [0.5, 0.6) is 5.75 Å². The van der Waals surface area contributed by atoms with E-state index < -0.39 is 5.82 Å². The lowest BCUT2D eigenvalue weighted by atomic mass is 10.2. The van der Waals surface area contributed by atoms with Crippen molar-refractivity contribution in [1.82, 2.24) is 4.57 Å². The maximum Gasteiger partial charge on any atom is 0.228 e. The highest BCUT2D eigenvalue weighted by Gasteiger charge is 2.13. The number of fused-ring (bicyclic) bond motifs is 1. The molecule has 0 radical (unpaired) electrons. The van der Waals surface area contributed by atoms with E-state index in [2.05, 4.69) is 0 Å². The van der Waals surface area contributed by atoms with Crippen LogP contribution in [-0.2, 0) is 0 Å².